The van der Waals surface area contributed by atoms with Gasteiger partial charge in [-0.1, -0.05) is 23.7 Å². The minimum atomic E-state index is 0.389. The summed E-state index contributed by atoms with van der Waals surface area (Å²) in [5.41, 5.74) is 0.972. The van der Waals surface area contributed by atoms with Crippen molar-refractivity contribution in [3.05, 3.63) is 59.4 Å². The van der Waals surface area contributed by atoms with Crippen LogP contribution in [0.1, 0.15) is 5.82 Å². The van der Waals surface area contributed by atoms with Gasteiger partial charge in [-0.25, -0.2) is 0 Å². The highest BCUT2D eigenvalue weighted by molar-refractivity contribution is 7.13. The third-order valence-electron chi connectivity index (χ3n) is 5.29. The number of fused-ring (bicyclic) bond motifs is 1. The third kappa shape index (κ3) is 3.51. The van der Waals surface area contributed by atoms with Gasteiger partial charge in [0.25, 0.3) is 0 Å². The fourth-order valence-corrected chi connectivity index (χ4v) is 4.73. The molecule has 4 aromatic rings. The van der Waals surface area contributed by atoms with Crippen molar-refractivity contribution in [1.29, 1.82) is 0 Å². The molecule has 30 heavy (non-hydrogen) atoms. The second-order valence-corrected chi connectivity index (χ2v) is 8.38. The summed E-state index contributed by atoms with van der Waals surface area (Å²) in [6, 6.07) is 16.1. The summed E-state index contributed by atoms with van der Waals surface area (Å²) < 4.78 is 13.3. The highest BCUT2D eigenvalue weighted by Gasteiger charge is 2.25. The molecule has 2 aromatic carbocycles. The van der Waals surface area contributed by atoms with Gasteiger partial charge in [-0.3, -0.25) is 4.57 Å². The minimum Gasteiger partial charge on any atom is -0.377 e. The Labute approximate surface area is 183 Å². The molecular formula is C21H21ClN6OS. The lowest BCUT2D eigenvalue weighted by atomic mass is 10.2. The van der Waals surface area contributed by atoms with Crippen molar-refractivity contribution in [1.82, 2.24) is 19.1 Å². The number of methoxy groups -OCH3 is 1. The molecule has 0 spiro atoms. The maximum absolute atomic E-state index is 6.08. The van der Waals surface area contributed by atoms with E-state index in [4.69, 9.17) is 20.7 Å². The number of piperazine rings is 1. The lowest BCUT2D eigenvalue weighted by molar-refractivity contribution is 0.176. The second-order valence-electron chi connectivity index (χ2n) is 7.14. The van der Waals surface area contributed by atoms with Crippen molar-refractivity contribution < 1.29 is 4.74 Å². The second kappa shape index (κ2) is 8.22. The Morgan fingerprint density at radius 1 is 0.967 bits per heavy atom. The van der Waals surface area contributed by atoms with Crippen LogP contribution in [0.2, 0.25) is 5.02 Å². The number of ether oxygens (including phenoxy) is 1. The Bertz CT molecular complexity index is 1150. The first-order valence-corrected chi connectivity index (χ1v) is 10.9. The van der Waals surface area contributed by atoms with Gasteiger partial charge in [-0.2, -0.15) is 4.37 Å². The van der Waals surface area contributed by atoms with Gasteiger partial charge in [0, 0.05) is 43.7 Å². The van der Waals surface area contributed by atoms with Crippen molar-refractivity contribution >= 4 is 45.0 Å². The monoisotopic (exact) mass is 440 g/mol. The molecule has 1 aliphatic rings. The number of aromatic nitrogens is 4. The summed E-state index contributed by atoms with van der Waals surface area (Å²) >= 11 is 7.64. The van der Waals surface area contributed by atoms with E-state index in [1.165, 1.54) is 10.1 Å². The van der Waals surface area contributed by atoms with Crippen LogP contribution in [0.15, 0.2) is 48.5 Å². The number of hydrogen-bond acceptors (Lipinski definition) is 7. The molecule has 1 fully saturated rings. The maximum atomic E-state index is 6.08. The van der Waals surface area contributed by atoms with Crippen molar-refractivity contribution in [3.63, 3.8) is 0 Å². The van der Waals surface area contributed by atoms with E-state index in [9.17, 15) is 0 Å². The van der Waals surface area contributed by atoms with E-state index in [1.807, 2.05) is 28.8 Å². The first-order valence-electron chi connectivity index (χ1n) is 9.78. The topological polar surface area (TPSA) is 59.3 Å². The number of halogens is 1. The Balaban J connectivity index is 1.40. The Hall–Kier alpha value is -2.68. The van der Waals surface area contributed by atoms with Crippen LogP contribution in [0.5, 0.6) is 0 Å². The smallest absolute Gasteiger partial charge is 0.232 e. The first kappa shape index (κ1) is 19.3. The van der Waals surface area contributed by atoms with Gasteiger partial charge in [0.05, 0.1) is 10.4 Å². The van der Waals surface area contributed by atoms with Crippen molar-refractivity contribution in [2.24, 2.45) is 0 Å². The number of rotatable bonds is 5. The van der Waals surface area contributed by atoms with Crippen LogP contribution in [0.3, 0.4) is 0 Å². The molecule has 1 aliphatic heterocycles. The molecule has 2 aromatic heterocycles. The number of benzene rings is 2. The van der Waals surface area contributed by atoms with E-state index < -0.39 is 0 Å². The molecule has 0 saturated carbocycles. The Morgan fingerprint density at radius 3 is 2.47 bits per heavy atom. The Morgan fingerprint density at radius 2 is 1.70 bits per heavy atom. The van der Waals surface area contributed by atoms with Crippen LogP contribution in [-0.4, -0.2) is 52.4 Å². The summed E-state index contributed by atoms with van der Waals surface area (Å²) in [5, 5.41) is 10.8. The van der Waals surface area contributed by atoms with Crippen LogP contribution < -0.4 is 9.80 Å². The van der Waals surface area contributed by atoms with Crippen molar-refractivity contribution in [2.75, 3.05) is 43.1 Å². The maximum Gasteiger partial charge on any atom is 0.232 e. The van der Waals surface area contributed by atoms with Gasteiger partial charge in [-0.05, 0) is 47.9 Å². The van der Waals surface area contributed by atoms with E-state index >= 15 is 0 Å². The van der Waals surface area contributed by atoms with Gasteiger partial charge >= 0.3 is 0 Å². The zero-order valence-corrected chi connectivity index (χ0v) is 18.1. The summed E-state index contributed by atoms with van der Waals surface area (Å²) in [5.74, 6) is 2.67. The van der Waals surface area contributed by atoms with Gasteiger partial charge in [0.2, 0.25) is 5.95 Å². The number of hydrogen-bond donors (Lipinski definition) is 0. The Kier molecular flexibility index (Phi) is 5.28. The quantitative estimate of drug-likeness (QED) is 0.467. The molecule has 0 N–H and O–H groups in total. The van der Waals surface area contributed by atoms with Crippen LogP contribution in [0.25, 0.3) is 15.8 Å². The molecule has 0 amide bonds. The van der Waals surface area contributed by atoms with Crippen LogP contribution in [0, 0.1) is 0 Å². The highest BCUT2D eigenvalue weighted by atomic mass is 35.5. The molecule has 7 nitrogen and oxygen atoms in total. The normalized spacial score (nSPS) is 14.6. The number of anilines is 2. The molecule has 5 rings (SSSR count). The molecule has 0 unspecified atom stereocenters. The minimum absolute atomic E-state index is 0.389. The van der Waals surface area contributed by atoms with Crippen molar-refractivity contribution in [3.8, 4) is 5.69 Å². The van der Waals surface area contributed by atoms with Crippen LogP contribution in [0.4, 0.5) is 11.8 Å². The average Bonchev–Trinajstić information content (AvgIpc) is 3.39. The molecule has 0 atom stereocenters. The SMILES string of the molecule is COCc1nnc(N2CCN(c3nsc4ccccc34)CC2)n1-c1ccc(Cl)cc1. The van der Waals surface area contributed by atoms with Gasteiger partial charge in [0.15, 0.2) is 5.82 Å². The first-order chi connectivity index (χ1) is 14.7. The predicted molar refractivity (Wildman–Crippen MR) is 121 cm³/mol. The van der Waals surface area contributed by atoms with Gasteiger partial charge in [-0.15, -0.1) is 10.2 Å². The van der Waals surface area contributed by atoms with Crippen molar-refractivity contribution in [2.45, 2.75) is 6.61 Å². The summed E-state index contributed by atoms with van der Waals surface area (Å²) in [6.45, 7) is 3.82. The molecule has 1 saturated heterocycles. The lowest BCUT2D eigenvalue weighted by Crippen LogP contribution is -2.47. The zero-order chi connectivity index (χ0) is 20.5. The van der Waals surface area contributed by atoms with Crippen LogP contribution >= 0.6 is 23.1 Å². The molecule has 3 heterocycles. The van der Waals surface area contributed by atoms with E-state index in [-0.39, 0.29) is 0 Å². The highest BCUT2D eigenvalue weighted by Crippen LogP contribution is 2.31. The molecule has 154 valence electrons. The molecule has 0 bridgehead atoms. The lowest BCUT2D eigenvalue weighted by Gasteiger charge is -2.35. The summed E-state index contributed by atoms with van der Waals surface area (Å²) in [4.78, 5) is 4.63. The number of nitrogens with zero attached hydrogens (tertiary/aromatic N) is 6. The fourth-order valence-electron chi connectivity index (χ4n) is 3.81. The zero-order valence-electron chi connectivity index (χ0n) is 16.5. The van der Waals surface area contributed by atoms with E-state index in [2.05, 4.69) is 44.3 Å². The fraction of sp³-hybridized carbons (Fsp3) is 0.286. The van der Waals surface area contributed by atoms with E-state index in [0.717, 1.165) is 49.5 Å². The standard InChI is InChI=1S/C21H21ClN6OS/c1-29-14-19-23-24-21(28(19)16-8-6-15(22)7-9-16)27-12-10-26(11-13-27)20-17-4-2-3-5-18(17)30-25-20/h2-9H,10-14H2,1H3. The third-order valence-corrected chi connectivity index (χ3v) is 6.36. The van der Waals surface area contributed by atoms with E-state index in [1.54, 1.807) is 18.6 Å². The average molecular weight is 441 g/mol. The molecule has 0 radical (unpaired) electrons. The van der Waals surface area contributed by atoms with Crippen LogP contribution in [-0.2, 0) is 11.3 Å². The molecule has 9 heteroatoms. The predicted octanol–water partition coefficient (Wildman–Crippen LogP) is 4.00. The summed E-state index contributed by atoms with van der Waals surface area (Å²) in [6.07, 6.45) is 0. The van der Waals surface area contributed by atoms with Gasteiger partial charge < -0.3 is 14.5 Å². The molecular weight excluding hydrogens is 420 g/mol. The largest absolute Gasteiger partial charge is 0.377 e. The summed E-state index contributed by atoms with van der Waals surface area (Å²) in [7, 11) is 1.66. The molecule has 0 aliphatic carbocycles. The van der Waals surface area contributed by atoms with E-state index in [0.29, 0.717) is 11.6 Å². The van der Waals surface area contributed by atoms with Gasteiger partial charge in [0.1, 0.15) is 12.4 Å².